The second-order valence-electron chi connectivity index (χ2n) is 10.4. The van der Waals surface area contributed by atoms with Crippen molar-refractivity contribution in [1.29, 1.82) is 0 Å². The molecule has 0 spiro atoms. The van der Waals surface area contributed by atoms with Crippen LogP contribution in [0.2, 0.25) is 0 Å². The quantitative estimate of drug-likeness (QED) is 0.134. The van der Waals surface area contributed by atoms with E-state index in [2.05, 4.69) is 38.5 Å². The standard InChI is InChI=1S/C34H32BrIN2O6S/c1-6-42-33(40)29-20(4)37-34-38(30(29)25-9-7-8-10-26(25)44-19(2)3)32(39)28(45-34)16-22-15-24(36)17-27(41-5)31(22)43-18-21-11-13-23(35)14-12-21/h7-17,19,30H,6,18H2,1-5H3/b28-16-/t30-/m1/s1. The van der Waals surface area contributed by atoms with Crippen molar-refractivity contribution < 1.29 is 23.7 Å². The zero-order valence-corrected chi connectivity index (χ0v) is 30.0. The fourth-order valence-electron chi connectivity index (χ4n) is 5.03. The molecule has 4 aromatic rings. The molecule has 1 atom stereocenters. The number of methoxy groups -OCH3 is 1. The average Bonchev–Trinajstić information content (AvgIpc) is 3.30. The normalized spacial score (nSPS) is 14.7. The molecule has 2 heterocycles. The van der Waals surface area contributed by atoms with E-state index in [9.17, 15) is 9.59 Å². The first-order chi connectivity index (χ1) is 21.6. The highest BCUT2D eigenvalue weighted by Crippen LogP contribution is 2.37. The number of para-hydroxylation sites is 1. The summed E-state index contributed by atoms with van der Waals surface area (Å²) in [5, 5.41) is 0. The van der Waals surface area contributed by atoms with Crippen molar-refractivity contribution in [3.63, 3.8) is 0 Å². The molecule has 0 saturated carbocycles. The van der Waals surface area contributed by atoms with Gasteiger partial charge in [-0.15, -0.1) is 0 Å². The maximum Gasteiger partial charge on any atom is 0.338 e. The lowest BCUT2D eigenvalue weighted by Gasteiger charge is -2.26. The molecule has 0 bridgehead atoms. The van der Waals surface area contributed by atoms with Crippen molar-refractivity contribution in [2.24, 2.45) is 4.99 Å². The maximum atomic E-state index is 14.3. The van der Waals surface area contributed by atoms with Gasteiger partial charge in [0.05, 0.1) is 35.6 Å². The number of esters is 1. The molecule has 1 aromatic heterocycles. The third-order valence-electron chi connectivity index (χ3n) is 6.94. The monoisotopic (exact) mass is 802 g/mol. The molecular formula is C34H32BrIN2O6S. The molecule has 0 amide bonds. The Morgan fingerprint density at radius 3 is 2.56 bits per heavy atom. The largest absolute Gasteiger partial charge is 0.493 e. The maximum absolute atomic E-state index is 14.3. The van der Waals surface area contributed by atoms with Crippen molar-refractivity contribution in [2.75, 3.05) is 13.7 Å². The summed E-state index contributed by atoms with van der Waals surface area (Å²) in [4.78, 5) is 32.9. The first kappa shape index (κ1) is 33.0. The molecule has 0 N–H and O–H groups in total. The van der Waals surface area contributed by atoms with Gasteiger partial charge >= 0.3 is 5.97 Å². The second kappa shape index (κ2) is 14.3. The van der Waals surface area contributed by atoms with Gasteiger partial charge in [0.2, 0.25) is 0 Å². The Morgan fingerprint density at radius 1 is 1.13 bits per heavy atom. The zero-order valence-electron chi connectivity index (χ0n) is 25.4. The molecule has 11 heteroatoms. The van der Waals surface area contributed by atoms with E-state index in [4.69, 9.17) is 23.9 Å². The molecule has 1 aliphatic heterocycles. The number of carbonyl (C=O) groups excluding carboxylic acids is 1. The molecule has 8 nitrogen and oxygen atoms in total. The van der Waals surface area contributed by atoms with E-state index in [-0.39, 0.29) is 18.3 Å². The van der Waals surface area contributed by atoms with E-state index in [1.165, 1.54) is 11.3 Å². The van der Waals surface area contributed by atoms with Crippen LogP contribution in [0, 0.1) is 3.57 Å². The number of hydrogen-bond acceptors (Lipinski definition) is 8. The lowest BCUT2D eigenvalue weighted by molar-refractivity contribution is -0.139. The van der Waals surface area contributed by atoms with Crippen molar-refractivity contribution in [1.82, 2.24) is 4.57 Å². The Kier molecular flexibility index (Phi) is 10.5. The number of aromatic nitrogens is 1. The number of benzene rings is 3. The van der Waals surface area contributed by atoms with Gasteiger partial charge in [-0.25, -0.2) is 9.79 Å². The fraction of sp³-hybridized carbons (Fsp3) is 0.265. The number of rotatable bonds is 10. The highest BCUT2D eigenvalue weighted by Gasteiger charge is 2.35. The molecule has 3 aromatic carbocycles. The van der Waals surface area contributed by atoms with Crippen LogP contribution >= 0.6 is 49.9 Å². The second-order valence-corrected chi connectivity index (χ2v) is 13.6. The number of hydrogen-bond donors (Lipinski definition) is 0. The number of fused-ring (bicyclic) bond motifs is 1. The van der Waals surface area contributed by atoms with E-state index in [0.29, 0.717) is 55.6 Å². The van der Waals surface area contributed by atoms with E-state index in [1.54, 1.807) is 31.6 Å². The predicted molar refractivity (Wildman–Crippen MR) is 187 cm³/mol. The van der Waals surface area contributed by atoms with Crippen LogP contribution in [0.5, 0.6) is 17.2 Å². The van der Waals surface area contributed by atoms with Crippen LogP contribution in [0.4, 0.5) is 0 Å². The molecule has 5 rings (SSSR count). The molecular weight excluding hydrogens is 771 g/mol. The van der Waals surface area contributed by atoms with Crippen LogP contribution in [0.25, 0.3) is 6.08 Å². The minimum Gasteiger partial charge on any atom is -0.493 e. The molecule has 0 unspecified atom stereocenters. The predicted octanol–water partition coefficient (Wildman–Crippen LogP) is 6.54. The molecule has 0 saturated heterocycles. The van der Waals surface area contributed by atoms with Crippen molar-refractivity contribution >= 4 is 61.9 Å². The Balaban J connectivity index is 1.69. The minimum absolute atomic E-state index is 0.121. The Hall–Kier alpha value is -3.42. The SMILES string of the molecule is CCOC(=O)C1=C(C)N=c2s/c(=C\c3cc(I)cc(OC)c3OCc3ccc(Br)cc3)c(=O)n2[C@@H]1c1ccccc1OC(C)C. The average molecular weight is 804 g/mol. The van der Waals surface area contributed by atoms with Gasteiger partial charge in [-0.3, -0.25) is 9.36 Å². The van der Waals surface area contributed by atoms with E-state index in [1.807, 2.05) is 74.5 Å². The van der Waals surface area contributed by atoms with Crippen LogP contribution in [0.1, 0.15) is 50.4 Å². The number of carbonyl (C=O) groups is 1. The summed E-state index contributed by atoms with van der Waals surface area (Å²) in [6.07, 6.45) is 1.67. The van der Waals surface area contributed by atoms with E-state index in [0.717, 1.165) is 13.6 Å². The van der Waals surface area contributed by atoms with Crippen molar-refractivity contribution in [3.8, 4) is 17.2 Å². The molecule has 0 aliphatic carbocycles. The van der Waals surface area contributed by atoms with Gasteiger partial charge in [-0.2, -0.15) is 0 Å². The van der Waals surface area contributed by atoms with Crippen molar-refractivity contribution in [3.05, 3.63) is 116 Å². The minimum atomic E-state index is -0.795. The highest BCUT2D eigenvalue weighted by atomic mass is 127. The molecule has 1 aliphatic rings. The van der Waals surface area contributed by atoms with Crippen LogP contribution in [0.15, 0.2) is 86.2 Å². The summed E-state index contributed by atoms with van der Waals surface area (Å²) in [6.45, 7) is 7.87. The summed E-state index contributed by atoms with van der Waals surface area (Å²) in [6, 6.07) is 18.3. The van der Waals surface area contributed by atoms with Crippen molar-refractivity contribution in [2.45, 2.75) is 46.4 Å². The third-order valence-corrected chi connectivity index (χ3v) is 9.08. The van der Waals surface area contributed by atoms with Crippen LogP contribution in [0.3, 0.4) is 0 Å². The van der Waals surface area contributed by atoms with Gasteiger partial charge in [0.15, 0.2) is 16.3 Å². The fourth-order valence-corrected chi connectivity index (χ4v) is 6.95. The lowest BCUT2D eigenvalue weighted by Crippen LogP contribution is -2.40. The molecule has 0 radical (unpaired) electrons. The topological polar surface area (TPSA) is 88.4 Å². The highest BCUT2D eigenvalue weighted by molar-refractivity contribution is 14.1. The smallest absolute Gasteiger partial charge is 0.338 e. The van der Waals surface area contributed by atoms with Gasteiger partial charge in [0, 0.05) is 19.2 Å². The summed E-state index contributed by atoms with van der Waals surface area (Å²) >= 11 is 6.93. The first-order valence-corrected chi connectivity index (χ1v) is 17.0. The van der Waals surface area contributed by atoms with Crippen LogP contribution in [-0.2, 0) is 16.1 Å². The van der Waals surface area contributed by atoms with Crippen LogP contribution < -0.4 is 29.1 Å². The first-order valence-electron chi connectivity index (χ1n) is 14.3. The van der Waals surface area contributed by atoms with Gasteiger partial charge in [-0.05, 0) is 92.3 Å². The molecule has 234 valence electrons. The Morgan fingerprint density at radius 2 is 1.87 bits per heavy atom. The van der Waals surface area contributed by atoms with Crippen LogP contribution in [-0.4, -0.2) is 30.4 Å². The van der Waals surface area contributed by atoms with E-state index >= 15 is 0 Å². The molecule has 0 fully saturated rings. The zero-order chi connectivity index (χ0) is 32.2. The number of ether oxygens (including phenoxy) is 4. The number of halogens is 2. The van der Waals surface area contributed by atoms with Gasteiger partial charge < -0.3 is 18.9 Å². The number of thiazole rings is 1. The number of allylic oxidation sites excluding steroid dienone is 1. The summed E-state index contributed by atoms with van der Waals surface area (Å²) in [5.41, 5.74) is 2.82. The van der Waals surface area contributed by atoms with Gasteiger partial charge in [0.25, 0.3) is 5.56 Å². The summed E-state index contributed by atoms with van der Waals surface area (Å²) in [5.74, 6) is 1.12. The summed E-state index contributed by atoms with van der Waals surface area (Å²) in [7, 11) is 1.59. The molecule has 45 heavy (non-hydrogen) atoms. The Bertz CT molecular complexity index is 1950. The number of nitrogens with zero attached hydrogens (tertiary/aromatic N) is 2. The van der Waals surface area contributed by atoms with E-state index < -0.39 is 12.0 Å². The Labute approximate surface area is 287 Å². The lowest BCUT2D eigenvalue weighted by atomic mass is 9.95. The van der Waals surface area contributed by atoms with Gasteiger partial charge in [0.1, 0.15) is 18.4 Å². The third kappa shape index (κ3) is 7.20. The van der Waals surface area contributed by atoms with Gasteiger partial charge in [-0.1, -0.05) is 57.6 Å². The summed E-state index contributed by atoms with van der Waals surface area (Å²) < 4.78 is 27.5.